The van der Waals surface area contributed by atoms with Crippen LogP contribution in [0.5, 0.6) is 5.75 Å². The number of benzene rings is 1. The number of nitrogens with zero attached hydrogens (tertiary/aromatic N) is 2. The number of fused-ring (bicyclic) bond motifs is 2. The lowest BCUT2D eigenvalue weighted by Crippen LogP contribution is -2.47. The van der Waals surface area contributed by atoms with Gasteiger partial charge in [-0.3, -0.25) is 4.90 Å². The number of allylic oxidation sites excluding steroid dienone is 2. The maximum Gasteiger partial charge on any atom is 0.120 e. The Kier molecular flexibility index (Phi) is 4.48. The first-order valence-electron chi connectivity index (χ1n) is 8.78. The predicted octanol–water partition coefficient (Wildman–Crippen LogP) is 3.48. The molecule has 2 aliphatic carbocycles. The maximum atomic E-state index is 10.0. The first-order valence-corrected chi connectivity index (χ1v) is 9.57. The minimum atomic E-state index is 0.407. The molecule has 3 nitrogen and oxygen atoms in total. The van der Waals surface area contributed by atoms with Gasteiger partial charge in [0.05, 0.1) is 0 Å². The Balaban J connectivity index is 1.27. The summed E-state index contributed by atoms with van der Waals surface area (Å²) in [4.78, 5) is 5.11. The van der Waals surface area contributed by atoms with Gasteiger partial charge >= 0.3 is 0 Å². The van der Waals surface area contributed by atoms with Crippen molar-refractivity contribution in [1.29, 1.82) is 0 Å². The molecule has 1 aliphatic heterocycles. The van der Waals surface area contributed by atoms with E-state index in [1.807, 2.05) is 12.1 Å². The van der Waals surface area contributed by atoms with Gasteiger partial charge in [-0.05, 0) is 48.8 Å². The minimum absolute atomic E-state index is 0.407. The lowest BCUT2D eigenvalue weighted by Gasteiger charge is -2.37. The van der Waals surface area contributed by atoms with Crippen molar-refractivity contribution in [1.82, 2.24) is 9.80 Å². The van der Waals surface area contributed by atoms with Crippen molar-refractivity contribution in [3.63, 3.8) is 0 Å². The van der Waals surface area contributed by atoms with Crippen LogP contribution in [0.2, 0.25) is 0 Å². The fraction of sp³-hybridized carbons (Fsp3) is 0.579. The molecule has 1 aromatic carbocycles. The van der Waals surface area contributed by atoms with Crippen LogP contribution in [0.3, 0.4) is 0 Å². The molecule has 0 amide bonds. The predicted molar refractivity (Wildman–Crippen MR) is 96.4 cm³/mol. The van der Waals surface area contributed by atoms with Gasteiger partial charge in [-0.1, -0.05) is 28.1 Å². The van der Waals surface area contributed by atoms with Crippen LogP contribution in [-0.2, 0) is 6.54 Å². The standard InChI is InChI=1S/C19H25BrN2O/c20-18-3-4-19(23)17(11-18)13-22-7-5-21(6-8-22)12-16-10-14-1-2-15(16)9-14/h1-4,11,14-16,23H,5-10,12-13H2/t14-,15-,16+/m1/s1. The zero-order chi connectivity index (χ0) is 15.8. The quantitative estimate of drug-likeness (QED) is 0.814. The molecule has 0 spiro atoms. The topological polar surface area (TPSA) is 26.7 Å². The van der Waals surface area contributed by atoms with E-state index in [-0.39, 0.29) is 0 Å². The number of hydrogen-bond donors (Lipinski definition) is 1. The summed E-state index contributed by atoms with van der Waals surface area (Å²) in [6, 6.07) is 5.70. The van der Waals surface area contributed by atoms with E-state index in [9.17, 15) is 5.11 Å². The Bertz CT molecular complexity index is 595. The summed E-state index contributed by atoms with van der Waals surface area (Å²) in [6.07, 6.45) is 7.72. The second-order valence-corrected chi connectivity index (χ2v) is 8.31. The van der Waals surface area contributed by atoms with E-state index in [0.717, 1.165) is 60.5 Å². The summed E-state index contributed by atoms with van der Waals surface area (Å²) in [5, 5.41) is 10.0. The normalized spacial score (nSPS) is 31.1. The van der Waals surface area contributed by atoms with Gasteiger partial charge in [0.2, 0.25) is 0 Å². The van der Waals surface area contributed by atoms with Crippen molar-refractivity contribution in [2.24, 2.45) is 17.8 Å². The van der Waals surface area contributed by atoms with Crippen LogP contribution in [0.15, 0.2) is 34.8 Å². The molecule has 1 saturated heterocycles. The van der Waals surface area contributed by atoms with E-state index in [4.69, 9.17) is 0 Å². The fourth-order valence-electron chi connectivity index (χ4n) is 4.49. The molecule has 1 N–H and O–H groups in total. The third-order valence-corrected chi connectivity index (χ3v) is 6.30. The number of piperazine rings is 1. The second-order valence-electron chi connectivity index (χ2n) is 7.39. The van der Waals surface area contributed by atoms with Gasteiger partial charge in [0.1, 0.15) is 5.75 Å². The fourth-order valence-corrected chi connectivity index (χ4v) is 4.90. The van der Waals surface area contributed by atoms with E-state index >= 15 is 0 Å². The van der Waals surface area contributed by atoms with Gasteiger partial charge in [0, 0.05) is 49.3 Å². The van der Waals surface area contributed by atoms with Gasteiger partial charge in [-0.25, -0.2) is 0 Å². The van der Waals surface area contributed by atoms with E-state index in [1.165, 1.54) is 19.4 Å². The van der Waals surface area contributed by atoms with Crippen LogP contribution in [0.25, 0.3) is 0 Å². The average Bonchev–Trinajstić information content (AvgIpc) is 3.16. The van der Waals surface area contributed by atoms with E-state index in [1.54, 1.807) is 6.07 Å². The Morgan fingerprint density at radius 2 is 1.83 bits per heavy atom. The van der Waals surface area contributed by atoms with Crippen LogP contribution in [-0.4, -0.2) is 47.6 Å². The van der Waals surface area contributed by atoms with Gasteiger partial charge in [-0.15, -0.1) is 0 Å². The van der Waals surface area contributed by atoms with Gasteiger partial charge < -0.3 is 10.0 Å². The molecule has 0 radical (unpaired) electrons. The van der Waals surface area contributed by atoms with E-state index in [0.29, 0.717) is 5.75 Å². The minimum Gasteiger partial charge on any atom is -0.508 e. The molecule has 2 fully saturated rings. The highest BCUT2D eigenvalue weighted by Crippen LogP contribution is 2.43. The molecule has 3 atom stereocenters. The number of phenols is 1. The van der Waals surface area contributed by atoms with Crippen molar-refractivity contribution < 1.29 is 5.11 Å². The van der Waals surface area contributed by atoms with Crippen molar-refractivity contribution >= 4 is 15.9 Å². The molecule has 0 aromatic heterocycles. The summed E-state index contributed by atoms with van der Waals surface area (Å²) in [7, 11) is 0. The van der Waals surface area contributed by atoms with Crippen LogP contribution in [0, 0.1) is 17.8 Å². The smallest absolute Gasteiger partial charge is 0.120 e. The maximum absolute atomic E-state index is 10.0. The Labute approximate surface area is 147 Å². The number of rotatable bonds is 4. The van der Waals surface area contributed by atoms with E-state index in [2.05, 4.69) is 37.9 Å². The molecule has 2 bridgehead atoms. The number of aromatic hydroxyl groups is 1. The third-order valence-electron chi connectivity index (χ3n) is 5.81. The summed E-state index contributed by atoms with van der Waals surface area (Å²) in [5.41, 5.74) is 1.02. The Morgan fingerprint density at radius 3 is 2.52 bits per heavy atom. The van der Waals surface area contributed by atoms with Gasteiger partial charge in [0.25, 0.3) is 0 Å². The molecule has 0 unspecified atom stereocenters. The van der Waals surface area contributed by atoms with Gasteiger partial charge in [0.15, 0.2) is 0 Å². The zero-order valence-corrected chi connectivity index (χ0v) is 15.1. The molecule has 124 valence electrons. The van der Waals surface area contributed by atoms with Crippen LogP contribution < -0.4 is 0 Å². The van der Waals surface area contributed by atoms with Crippen LogP contribution in [0.4, 0.5) is 0 Å². The van der Waals surface area contributed by atoms with Crippen LogP contribution >= 0.6 is 15.9 Å². The molecular weight excluding hydrogens is 352 g/mol. The first-order chi connectivity index (χ1) is 11.2. The van der Waals surface area contributed by atoms with E-state index < -0.39 is 0 Å². The second kappa shape index (κ2) is 6.58. The SMILES string of the molecule is Oc1ccc(Br)cc1CN1CCN(C[C@@H]2C[C@@H]3C=C[C@@H]2C3)CC1. The Hall–Kier alpha value is -0.840. The Morgan fingerprint density at radius 1 is 1.04 bits per heavy atom. The number of hydrogen-bond acceptors (Lipinski definition) is 3. The van der Waals surface area contributed by atoms with Crippen molar-refractivity contribution in [3.8, 4) is 5.75 Å². The van der Waals surface area contributed by atoms with Crippen molar-refractivity contribution in [2.45, 2.75) is 19.4 Å². The van der Waals surface area contributed by atoms with Gasteiger partial charge in [-0.2, -0.15) is 0 Å². The summed E-state index contributed by atoms with van der Waals surface area (Å²) < 4.78 is 1.04. The summed E-state index contributed by atoms with van der Waals surface area (Å²) >= 11 is 3.49. The lowest BCUT2D eigenvalue weighted by molar-refractivity contribution is 0.108. The highest BCUT2D eigenvalue weighted by Gasteiger charge is 2.36. The third kappa shape index (κ3) is 3.49. The molecule has 1 heterocycles. The highest BCUT2D eigenvalue weighted by molar-refractivity contribution is 9.10. The molecule has 23 heavy (non-hydrogen) atoms. The lowest BCUT2D eigenvalue weighted by atomic mass is 9.93. The highest BCUT2D eigenvalue weighted by atomic mass is 79.9. The van der Waals surface area contributed by atoms with Crippen molar-refractivity contribution in [3.05, 3.63) is 40.4 Å². The molecule has 1 aromatic rings. The molecule has 4 rings (SSSR count). The summed E-state index contributed by atoms with van der Waals surface area (Å²) in [5.74, 6) is 3.04. The molecule has 1 saturated carbocycles. The largest absolute Gasteiger partial charge is 0.508 e. The summed E-state index contributed by atoms with van der Waals surface area (Å²) in [6.45, 7) is 6.64. The molecule has 3 aliphatic rings. The molecule has 4 heteroatoms. The number of halogens is 1. The zero-order valence-electron chi connectivity index (χ0n) is 13.5. The monoisotopic (exact) mass is 376 g/mol. The molecular formula is C19H25BrN2O. The number of phenolic OH excluding ortho intramolecular Hbond substituents is 1. The van der Waals surface area contributed by atoms with Crippen LogP contribution in [0.1, 0.15) is 18.4 Å². The van der Waals surface area contributed by atoms with Crippen molar-refractivity contribution in [2.75, 3.05) is 32.7 Å². The average molecular weight is 377 g/mol. The first kappa shape index (κ1) is 15.7.